The minimum atomic E-state index is 0.139. The fourth-order valence-electron chi connectivity index (χ4n) is 1.70. The Kier molecular flexibility index (Phi) is 7.87. The largest absolute Gasteiger partial charge is 0.497 e. The molecule has 0 aromatic carbocycles. The van der Waals surface area contributed by atoms with Crippen LogP contribution < -0.4 is 0 Å². The molecule has 94 valence electrons. The quantitative estimate of drug-likeness (QED) is 0.331. The predicted molar refractivity (Wildman–Crippen MR) is 76.8 cm³/mol. The molecule has 1 heteroatoms. The summed E-state index contributed by atoms with van der Waals surface area (Å²) in [6, 6.07) is 0. The maximum Gasteiger partial charge on any atom is 0.118 e. The highest BCUT2D eigenvalue weighted by Crippen LogP contribution is 2.29. The van der Waals surface area contributed by atoms with Crippen molar-refractivity contribution >= 4 is 0 Å². The Bertz CT molecular complexity index is 320. The van der Waals surface area contributed by atoms with Crippen LogP contribution in [0.2, 0.25) is 0 Å². The third kappa shape index (κ3) is 6.62. The SMILES string of the molecule is C=C/C=C(\C=C/CC(C)(/C=C\C)CC=C)OC. The molecule has 0 rings (SSSR count). The molecule has 0 saturated heterocycles. The summed E-state index contributed by atoms with van der Waals surface area (Å²) in [7, 11) is 1.66. The molecule has 0 bridgehead atoms. The lowest BCUT2D eigenvalue weighted by Crippen LogP contribution is -2.10. The van der Waals surface area contributed by atoms with Crippen LogP contribution in [0.15, 0.2) is 61.4 Å². The lowest BCUT2D eigenvalue weighted by atomic mass is 9.83. The predicted octanol–water partition coefficient (Wildman–Crippen LogP) is 4.81. The molecule has 0 heterocycles. The molecular formula is C16H24O. The minimum absolute atomic E-state index is 0.139. The summed E-state index contributed by atoms with van der Waals surface area (Å²) in [6.07, 6.45) is 15.9. The lowest BCUT2D eigenvalue weighted by molar-refractivity contribution is 0.306. The summed E-state index contributed by atoms with van der Waals surface area (Å²) in [5.41, 5.74) is 0.139. The van der Waals surface area contributed by atoms with Crippen molar-refractivity contribution in [3.05, 3.63) is 61.4 Å². The van der Waals surface area contributed by atoms with Gasteiger partial charge in [0.2, 0.25) is 0 Å². The van der Waals surface area contributed by atoms with E-state index in [9.17, 15) is 0 Å². The van der Waals surface area contributed by atoms with Gasteiger partial charge in [-0.1, -0.05) is 43.9 Å². The van der Waals surface area contributed by atoms with E-state index in [4.69, 9.17) is 4.74 Å². The Labute approximate surface area is 106 Å². The summed E-state index contributed by atoms with van der Waals surface area (Å²) in [5, 5.41) is 0. The van der Waals surface area contributed by atoms with E-state index in [-0.39, 0.29) is 5.41 Å². The number of hydrogen-bond donors (Lipinski definition) is 0. The molecule has 0 N–H and O–H groups in total. The summed E-state index contributed by atoms with van der Waals surface area (Å²) in [4.78, 5) is 0. The molecular weight excluding hydrogens is 208 g/mol. The second kappa shape index (κ2) is 8.63. The van der Waals surface area contributed by atoms with E-state index in [1.165, 1.54) is 0 Å². The Balaban J connectivity index is 4.59. The van der Waals surface area contributed by atoms with Crippen LogP contribution in [-0.2, 0) is 4.74 Å². The molecule has 0 aliphatic rings. The average molecular weight is 232 g/mol. The van der Waals surface area contributed by atoms with Crippen LogP contribution >= 0.6 is 0 Å². The highest BCUT2D eigenvalue weighted by atomic mass is 16.5. The fraction of sp³-hybridized carbons (Fsp3) is 0.375. The monoisotopic (exact) mass is 232 g/mol. The normalized spacial score (nSPS) is 16.1. The van der Waals surface area contributed by atoms with Gasteiger partial charge in [0.1, 0.15) is 5.76 Å². The van der Waals surface area contributed by atoms with Gasteiger partial charge in [-0.05, 0) is 37.3 Å². The number of ether oxygens (including phenoxy) is 1. The molecule has 0 aromatic rings. The number of hydrogen-bond acceptors (Lipinski definition) is 1. The van der Waals surface area contributed by atoms with E-state index < -0.39 is 0 Å². The second-order valence-corrected chi connectivity index (χ2v) is 4.26. The molecule has 1 unspecified atom stereocenters. The molecule has 0 spiro atoms. The second-order valence-electron chi connectivity index (χ2n) is 4.26. The van der Waals surface area contributed by atoms with Crippen LogP contribution in [0.3, 0.4) is 0 Å². The third-order valence-electron chi connectivity index (χ3n) is 2.56. The molecule has 1 atom stereocenters. The molecule has 0 aliphatic carbocycles. The van der Waals surface area contributed by atoms with Gasteiger partial charge in [0.05, 0.1) is 7.11 Å². The molecule has 0 amide bonds. The number of allylic oxidation sites excluding steroid dienone is 7. The Morgan fingerprint density at radius 3 is 2.47 bits per heavy atom. The number of rotatable bonds is 8. The summed E-state index contributed by atoms with van der Waals surface area (Å²) < 4.78 is 5.19. The van der Waals surface area contributed by atoms with Crippen molar-refractivity contribution < 1.29 is 4.74 Å². The van der Waals surface area contributed by atoms with Crippen molar-refractivity contribution in [3.63, 3.8) is 0 Å². The average Bonchev–Trinajstić information content (AvgIpc) is 2.28. The van der Waals surface area contributed by atoms with Crippen LogP contribution in [0, 0.1) is 5.41 Å². The smallest absolute Gasteiger partial charge is 0.118 e. The minimum Gasteiger partial charge on any atom is -0.497 e. The van der Waals surface area contributed by atoms with E-state index in [0.717, 1.165) is 18.6 Å². The lowest BCUT2D eigenvalue weighted by Gasteiger charge is -2.22. The Hall–Kier alpha value is -1.50. The topological polar surface area (TPSA) is 9.23 Å². The number of methoxy groups -OCH3 is 1. The van der Waals surface area contributed by atoms with Gasteiger partial charge in [0.25, 0.3) is 0 Å². The highest BCUT2D eigenvalue weighted by Gasteiger charge is 2.16. The van der Waals surface area contributed by atoms with E-state index in [0.29, 0.717) is 0 Å². The third-order valence-corrected chi connectivity index (χ3v) is 2.56. The van der Waals surface area contributed by atoms with Crippen molar-refractivity contribution in [1.29, 1.82) is 0 Å². The van der Waals surface area contributed by atoms with Crippen molar-refractivity contribution in [3.8, 4) is 0 Å². The maximum atomic E-state index is 5.19. The zero-order valence-electron chi connectivity index (χ0n) is 11.3. The maximum absolute atomic E-state index is 5.19. The van der Waals surface area contributed by atoms with Crippen LogP contribution in [0.5, 0.6) is 0 Å². The van der Waals surface area contributed by atoms with Crippen LogP contribution in [0.25, 0.3) is 0 Å². The summed E-state index contributed by atoms with van der Waals surface area (Å²) in [6.45, 7) is 11.7. The van der Waals surface area contributed by atoms with Crippen LogP contribution in [0.4, 0.5) is 0 Å². The zero-order valence-corrected chi connectivity index (χ0v) is 11.3. The molecule has 1 nitrogen and oxygen atoms in total. The van der Waals surface area contributed by atoms with Gasteiger partial charge in [0.15, 0.2) is 0 Å². The standard InChI is InChI=1S/C16H24O/c1-6-10-15(17-5)11-9-14-16(4,12-7-2)13-8-3/h6-11,13H,1-2,12,14H2,3-5H3/b11-9-,13-8-,15-10+. The fourth-order valence-corrected chi connectivity index (χ4v) is 1.70. The zero-order chi connectivity index (χ0) is 13.1. The van der Waals surface area contributed by atoms with E-state index in [1.54, 1.807) is 13.2 Å². The molecule has 0 saturated carbocycles. The molecule has 0 radical (unpaired) electrons. The molecule has 17 heavy (non-hydrogen) atoms. The van der Waals surface area contributed by atoms with Crippen molar-refractivity contribution in [2.75, 3.05) is 7.11 Å². The first-order chi connectivity index (χ1) is 8.11. The van der Waals surface area contributed by atoms with Crippen molar-refractivity contribution in [2.45, 2.75) is 26.7 Å². The van der Waals surface area contributed by atoms with Gasteiger partial charge >= 0.3 is 0 Å². The van der Waals surface area contributed by atoms with E-state index in [2.05, 4.69) is 38.3 Å². The van der Waals surface area contributed by atoms with Gasteiger partial charge in [-0.3, -0.25) is 0 Å². The molecule has 0 aliphatic heterocycles. The first kappa shape index (κ1) is 15.5. The van der Waals surface area contributed by atoms with Crippen LogP contribution in [-0.4, -0.2) is 7.11 Å². The van der Waals surface area contributed by atoms with Gasteiger partial charge in [-0.2, -0.15) is 0 Å². The van der Waals surface area contributed by atoms with E-state index in [1.807, 2.05) is 25.2 Å². The highest BCUT2D eigenvalue weighted by molar-refractivity contribution is 5.18. The van der Waals surface area contributed by atoms with Crippen molar-refractivity contribution in [1.82, 2.24) is 0 Å². The summed E-state index contributed by atoms with van der Waals surface area (Å²) in [5.74, 6) is 0.821. The van der Waals surface area contributed by atoms with E-state index >= 15 is 0 Å². The first-order valence-electron chi connectivity index (χ1n) is 5.90. The molecule has 0 aromatic heterocycles. The molecule has 0 fully saturated rings. The van der Waals surface area contributed by atoms with Gasteiger partial charge in [-0.25, -0.2) is 0 Å². The van der Waals surface area contributed by atoms with Gasteiger partial charge in [0, 0.05) is 0 Å². The Morgan fingerprint density at radius 2 is 2.00 bits per heavy atom. The van der Waals surface area contributed by atoms with Gasteiger partial charge < -0.3 is 4.74 Å². The first-order valence-corrected chi connectivity index (χ1v) is 5.90. The van der Waals surface area contributed by atoms with Gasteiger partial charge in [-0.15, -0.1) is 6.58 Å². The Morgan fingerprint density at radius 1 is 1.29 bits per heavy atom. The van der Waals surface area contributed by atoms with Crippen LogP contribution in [0.1, 0.15) is 26.7 Å². The van der Waals surface area contributed by atoms with Crippen molar-refractivity contribution in [2.24, 2.45) is 5.41 Å². The summed E-state index contributed by atoms with van der Waals surface area (Å²) >= 11 is 0.